The van der Waals surface area contributed by atoms with Crippen LogP contribution in [0.25, 0.3) is 0 Å². The maximum Gasteiger partial charge on any atom is 0.253 e. The van der Waals surface area contributed by atoms with Crippen LogP contribution in [-0.4, -0.2) is 47.7 Å². The zero-order valence-electron chi connectivity index (χ0n) is 21.5. The van der Waals surface area contributed by atoms with Crippen molar-refractivity contribution in [2.45, 2.75) is 31.5 Å². The Balaban J connectivity index is 1.24. The second-order valence-electron chi connectivity index (χ2n) is 10.8. The molecule has 0 saturated carbocycles. The Hall–Kier alpha value is -4.30. The molecule has 2 saturated heterocycles. The monoisotopic (exact) mass is 520 g/mol. The van der Waals surface area contributed by atoms with Gasteiger partial charge in [-0.15, -0.1) is 0 Å². The number of carbonyl (C=O) groups is 4. The highest BCUT2D eigenvalue weighted by atomic mass is 16.2. The number of nitrogens with one attached hydrogen (secondary N) is 1. The van der Waals surface area contributed by atoms with Crippen LogP contribution in [0.1, 0.15) is 23.6 Å². The molecule has 4 heterocycles. The van der Waals surface area contributed by atoms with Gasteiger partial charge in [0.15, 0.2) is 0 Å². The van der Waals surface area contributed by atoms with Gasteiger partial charge in [-0.1, -0.05) is 66.7 Å². The van der Waals surface area contributed by atoms with Crippen molar-refractivity contribution in [3.8, 4) is 0 Å². The normalized spacial score (nSPS) is 26.9. The Bertz CT molecular complexity index is 1540. The predicted molar refractivity (Wildman–Crippen MR) is 145 cm³/mol. The van der Waals surface area contributed by atoms with Crippen molar-refractivity contribution >= 4 is 35.0 Å². The van der Waals surface area contributed by atoms with Crippen molar-refractivity contribution in [2.75, 3.05) is 22.9 Å². The molecule has 0 bridgehead atoms. The number of likely N-dealkylation sites (tertiary alicyclic amines) is 1. The predicted octanol–water partition coefficient (Wildman–Crippen LogP) is 2.61. The lowest BCUT2D eigenvalue weighted by Crippen LogP contribution is -2.55. The third kappa shape index (κ3) is 3.27. The van der Waals surface area contributed by atoms with Gasteiger partial charge in [0, 0.05) is 29.5 Å². The van der Waals surface area contributed by atoms with Crippen LogP contribution < -0.4 is 15.1 Å². The summed E-state index contributed by atoms with van der Waals surface area (Å²) < 4.78 is 0. The standard InChI is InChI=1S/C31H28N4O4/c1-19-26-27(29(38)35(28(26)37)17-20-9-3-2-4-10-20)31(32-19)22-12-6-8-14-24(22)34(30(31)39)18-25(36)33-16-15-21-11-5-7-13-23(21)33/h2-14,19,26-27,32H,15-18H2,1H3/t19-,26-,27-,31-/m0/s1. The lowest BCUT2D eigenvalue weighted by molar-refractivity contribution is -0.143. The Kier molecular flexibility index (Phi) is 5.25. The summed E-state index contributed by atoms with van der Waals surface area (Å²) in [7, 11) is 0. The average molecular weight is 521 g/mol. The summed E-state index contributed by atoms with van der Waals surface area (Å²) in [6.07, 6.45) is 0.771. The molecule has 0 radical (unpaired) electrons. The fourth-order valence-corrected chi connectivity index (χ4v) is 7.07. The third-order valence-corrected chi connectivity index (χ3v) is 8.77. The molecule has 1 spiro atoms. The van der Waals surface area contributed by atoms with E-state index in [-0.39, 0.29) is 36.7 Å². The maximum absolute atomic E-state index is 14.4. The van der Waals surface area contributed by atoms with Crippen LogP contribution in [0.4, 0.5) is 11.4 Å². The van der Waals surface area contributed by atoms with Crippen LogP contribution in [0, 0.1) is 11.8 Å². The molecular weight excluding hydrogens is 492 g/mol. The third-order valence-electron chi connectivity index (χ3n) is 8.77. The number of benzene rings is 3. The number of hydrogen-bond acceptors (Lipinski definition) is 5. The van der Waals surface area contributed by atoms with Gasteiger partial charge in [-0.05, 0) is 36.6 Å². The topological polar surface area (TPSA) is 90.0 Å². The minimum absolute atomic E-state index is 0.144. The zero-order valence-corrected chi connectivity index (χ0v) is 21.5. The maximum atomic E-state index is 14.4. The van der Waals surface area contributed by atoms with Gasteiger partial charge < -0.3 is 9.80 Å². The van der Waals surface area contributed by atoms with E-state index in [2.05, 4.69) is 5.32 Å². The van der Waals surface area contributed by atoms with Gasteiger partial charge in [0.1, 0.15) is 12.1 Å². The van der Waals surface area contributed by atoms with Gasteiger partial charge in [-0.3, -0.25) is 29.4 Å². The Labute approximate surface area is 226 Å². The van der Waals surface area contributed by atoms with E-state index in [0.29, 0.717) is 17.8 Å². The molecule has 0 unspecified atom stereocenters. The van der Waals surface area contributed by atoms with E-state index in [0.717, 1.165) is 23.2 Å². The van der Waals surface area contributed by atoms with Gasteiger partial charge in [0.2, 0.25) is 17.7 Å². The molecule has 8 heteroatoms. The summed E-state index contributed by atoms with van der Waals surface area (Å²) in [4.78, 5) is 60.1. The summed E-state index contributed by atoms with van der Waals surface area (Å²) >= 11 is 0. The quantitative estimate of drug-likeness (QED) is 0.535. The summed E-state index contributed by atoms with van der Waals surface area (Å²) in [5, 5.41) is 3.39. The van der Waals surface area contributed by atoms with E-state index >= 15 is 0 Å². The highest BCUT2D eigenvalue weighted by molar-refractivity contribution is 6.17. The summed E-state index contributed by atoms with van der Waals surface area (Å²) in [6, 6.07) is 24.1. The first kappa shape index (κ1) is 23.8. The summed E-state index contributed by atoms with van der Waals surface area (Å²) in [5.74, 6) is -2.70. The number of imide groups is 1. The van der Waals surface area contributed by atoms with Crippen LogP contribution in [0.5, 0.6) is 0 Å². The molecule has 39 heavy (non-hydrogen) atoms. The average Bonchev–Trinajstić information content (AvgIpc) is 3.65. The molecule has 3 aromatic carbocycles. The van der Waals surface area contributed by atoms with Crippen molar-refractivity contribution in [1.82, 2.24) is 10.2 Å². The van der Waals surface area contributed by atoms with E-state index in [9.17, 15) is 19.2 Å². The Morgan fingerprint density at radius 1 is 0.872 bits per heavy atom. The van der Waals surface area contributed by atoms with Crippen molar-refractivity contribution in [2.24, 2.45) is 11.8 Å². The minimum atomic E-state index is -1.40. The van der Waals surface area contributed by atoms with Crippen molar-refractivity contribution in [3.05, 3.63) is 95.6 Å². The van der Waals surface area contributed by atoms with Crippen LogP contribution in [0.2, 0.25) is 0 Å². The second-order valence-corrected chi connectivity index (χ2v) is 10.8. The number of hydrogen-bond donors (Lipinski definition) is 1. The van der Waals surface area contributed by atoms with E-state index in [1.54, 1.807) is 4.90 Å². The molecule has 1 N–H and O–H groups in total. The molecule has 196 valence electrons. The lowest BCUT2D eigenvalue weighted by atomic mass is 9.76. The molecule has 0 aromatic heterocycles. The number of fused-ring (bicyclic) bond motifs is 5. The van der Waals surface area contributed by atoms with Crippen molar-refractivity contribution in [1.29, 1.82) is 0 Å². The molecule has 2 fully saturated rings. The molecule has 4 amide bonds. The second kappa shape index (κ2) is 8.61. The first-order chi connectivity index (χ1) is 18.9. The summed E-state index contributed by atoms with van der Waals surface area (Å²) in [5.41, 5.74) is 2.68. The first-order valence-corrected chi connectivity index (χ1v) is 13.4. The van der Waals surface area contributed by atoms with Crippen LogP contribution in [-0.2, 0) is 37.7 Å². The highest BCUT2D eigenvalue weighted by Gasteiger charge is 2.70. The van der Waals surface area contributed by atoms with Crippen LogP contribution in [0.3, 0.4) is 0 Å². The number of nitrogens with zero attached hydrogens (tertiary/aromatic N) is 3. The number of para-hydroxylation sites is 2. The van der Waals surface area contributed by atoms with E-state index in [4.69, 9.17) is 0 Å². The number of anilines is 2. The van der Waals surface area contributed by atoms with Gasteiger partial charge in [0.05, 0.1) is 18.4 Å². The number of amides is 4. The fraction of sp³-hybridized carbons (Fsp3) is 0.290. The summed E-state index contributed by atoms with van der Waals surface area (Å²) in [6.45, 7) is 2.44. The van der Waals surface area contributed by atoms with E-state index in [1.165, 1.54) is 9.80 Å². The Morgan fingerprint density at radius 2 is 1.56 bits per heavy atom. The molecule has 3 aromatic rings. The van der Waals surface area contributed by atoms with Crippen molar-refractivity contribution in [3.63, 3.8) is 0 Å². The van der Waals surface area contributed by atoms with Gasteiger partial charge in [-0.25, -0.2) is 0 Å². The Morgan fingerprint density at radius 3 is 2.36 bits per heavy atom. The first-order valence-electron chi connectivity index (χ1n) is 13.4. The van der Waals surface area contributed by atoms with Crippen LogP contribution >= 0.6 is 0 Å². The molecule has 8 nitrogen and oxygen atoms in total. The molecule has 4 atom stereocenters. The SMILES string of the molecule is C[C@@H]1N[C@]2(C(=O)N(CC(=O)N3CCc4ccccc43)c3ccccc32)[C@@H]2C(=O)N(Cc3ccccc3)C(=O)[C@@H]12. The van der Waals surface area contributed by atoms with E-state index in [1.807, 2.05) is 85.8 Å². The molecular formula is C31H28N4O4. The minimum Gasteiger partial charge on any atom is -0.310 e. The smallest absolute Gasteiger partial charge is 0.253 e. The highest BCUT2D eigenvalue weighted by Crippen LogP contribution is 2.54. The fourth-order valence-electron chi connectivity index (χ4n) is 7.07. The van der Waals surface area contributed by atoms with Gasteiger partial charge in [0.25, 0.3) is 5.91 Å². The van der Waals surface area contributed by atoms with Gasteiger partial charge >= 0.3 is 0 Å². The largest absolute Gasteiger partial charge is 0.310 e. The molecule has 7 rings (SSSR count). The van der Waals surface area contributed by atoms with Gasteiger partial charge in [-0.2, -0.15) is 0 Å². The molecule has 4 aliphatic rings. The lowest BCUT2D eigenvalue weighted by Gasteiger charge is -2.30. The van der Waals surface area contributed by atoms with Crippen LogP contribution in [0.15, 0.2) is 78.9 Å². The number of carbonyl (C=O) groups excluding carboxylic acids is 4. The molecule has 4 aliphatic heterocycles. The zero-order chi connectivity index (χ0) is 26.9. The number of rotatable bonds is 4. The van der Waals surface area contributed by atoms with Crippen molar-refractivity contribution < 1.29 is 19.2 Å². The van der Waals surface area contributed by atoms with E-state index < -0.39 is 23.4 Å². The molecule has 0 aliphatic carbocycles.